The van der Waals surface area contributed by atoms with Gasteiger partial charge in [-0.3, -0.25) is 9.79 Å². The molecule has 8 N–H and O–H groups in total. The molecule has 0 heterocycles. The zero-order valence-electron chi connectivity index (χ0n) is 20.7. The Balaban J connectivity index is 2.28. The summed E-state index contributed by atoms with van der Waals surface area (Å²) in [7, 11) is 0. The standard InChI is InChI=1S/C26H36N6O4/c1-2-3-5-18-11-13-21(14-12-18)23(33)32(22(24(34)35)6-4-15-30-25(27)28)17-20-9-7-19(8-10-20)16-31-26(29)36/h7-14,22H,2-6,15-17H2,1H3,(H,34,35)(H4,27,28,30)(H3,29,31,36)/t22-/m1/s1. The van der Waals surface area contributed by atoms with Crippen LogP contribution in [-0.2, 0) is 24.3 Å². The van der Waals surface area contributed by atoms with Crippen LogP contribution in [0, 0.1) is 0 Å². The van der Waals surface area contributed by atoms with E-state index in [1.807, 2.05) is 12.1 Å². The number of carboxylic acids is 1. The second-order valence-corrected chi connectivity index (χ2v) is 8.57. The molecule has 0 bridgehead atoms. The Kier molecular flexibility index (Phi) is 11.2. The zero-order chi connectivity index (χ0) is 26.5. The number of hydrogen-bond donors (Lipinski definition) is 5. The number of nitrogens with two attached hydrogens (primary N) is 3. The number of hydrogen-bond acceptors (Lipinski definition) is 4. The summed E-state index contributed by atoms with van der Waals surface area (Å²) < 4.78 is 0. The molecule has 36 heavy (non-hydrogen) atoms. The molecule has 1 atom stereocenters. The molecule has 2 aromatic carbocycles. The number of urea groups is 1. The summed E-state index contributed by atoms with van der Waals surface area (Å²) in [5.41, 5.74) is 19.0. The van der Waals surface area contributed by atoms with E-state index in [4.69, 9.17) is 17.2 Å². The summed E-state index contributed by atoms with van der Waals surface area (Å²) in [5, 5.41) is 12.5. The molecular formula is C26H36N6O4. The summed E-state index contributed by atoms with van der Waals surface area (Å²) in [6.45, 7) is 2.75. The minimum atomic E-state index is -1.10. The van der Waals surface area contributed by atoms with Gasteiger partial charge in [0.2, 0.25) is 0 Å². The monoisotopic (exact) mass is 496 g/mol. The summed E-state index contributed by atoms with van der Waals surface area (Å²) >= 11 is 0. The fourth-order valence-corrected chi connectivity index (χ4v) is 3.74. The summed E-state index contributed by atoms with van der Waals surface area (Å²) in [5.74, 6) is -1.54. The number of nitrogens with zero attached hydrogens (tertiary/aromatic N) is 2. The van der Waals surface area contributed by atoms with Crippen molar-refractivity contribution in [1.82, 2.24) is 10.2 Å². The first kappa shape index (κ1) is 28.2. The van der Waals surface area contributed by atoms with E-state index < -0.39 is 18.0 Å². The highest BCUT2D eigenvalue weighted by Gasteiger charge is 2.30. The molecule has 194 valence electrons. The smallest absolute Gasteiger partial charge is 0.326 e. The van der Waals surface area contributed by atoms with Gasteiger partial charge in [0.15, 0.2) is 5.96 Å². The molecule has 0 aliphatic heterocycles. The number of carboxylic acid groups (broad SMARTS) is 1. The Morgan fingerprint density at radius 1 is 0.944 bits per heavy atom. The topological polar surface area (TPSA) is 177 Å². The number of nitrogens with one attached hydrogen (secondary N) is 1. The quantitative estimate of drug-likeness (QED) is 0.152. The second kappa shape index (κ2) is 14.3. The minimum Gasteiger partial charge on any atom is -0.480 e. The van der Waals surface area contributed by atoms with Crippen LogP contribution in [0.5, 0.6) is 0 Å². The average molecular weight is 497 g/mol. The SMILES string of the molecule is CCCCc1ccc(C(=O)N(Cc2ccc(CNC(N)=O)cc2)[C@H](CCCN=C(N)N)C(=O)O)cc1. The lowest BCUT2D eigenvalue weighted by molar-refractivity contribution is -0.142. The summed E-state index contributed by atoms with van der Waals surface area (Å²) in [6, 6.07) is 12.8. The molecule has 0 aliphatic carbocycles. The number of primary amides is 1. The molecule has 0 fully saturated rings. The van der Waals surface area contributed by atoms with Crippen LogP contribution in [0.1, 0.15) is 59.7 Å². The molecule has 0 saturated heterocycles. The van der Waals surface area contributed by atoms with E-state index in [2.05, 4.69) is 17.2 Å². The number of aliphatic carboxylic acids is 1. The van der Waals surface area contributed by atoms with Crippen LogP contribution in [0.15, 0.2) is 53.5 Å². The highest BCUT2D eigenvalue weighted by molar-refractivity contribution is 5.96. The van der Waals surface area contributed by atoms with E-state index in [1.165, 1.54) is 4.90 Å². The first-order valence-electron chi connectivity index (χ1n) is 12.0. The van der Waals surface area contributed by atoms with Crippen molar-refractivity contribution >= 4 is 23.9 Å². The molecule has 0 aliphatic rings. The molecule has 10 nitrogen and oxygen atoms in total. The third kappa shape index (κ3) is 9.28. The van der Waals surface area contributed by atoms with Gasteiger partial charge in [-0.15, -0.1) is 0 Å². The van der Waals surface area contributed by atoms with Gasteiger partial charge in [0.1, 0.15) is 6.04 Å². The Hall–Kier alpha value is -4.08. The van der Waals surface area contributed by atoms with Crippen LogP contribution in [0.3, 0.4) is 0 Å². The number of amides is 3. The maximum atomic E-state index is 13.5. The lowest BCUT2D eigenvalue weighted by atomic mass is 10.0. The maximum absolute atomic E-state index is 13.5. The lowest BCUT2D eigenvalue weighted by Crippen LogP contribution is -2.44. The van der Waals surface area contributed by atoms with Crippen molar-refractivity contribution in [2.75, 3.05) is 6.54 Å². The Labute approximate surface area is 211 Å². The number of aryl methyl sites for hydroxylation is 1. The van der Waals surface area contributed by atoms with Gasteiger partial charge in [-0.25, -0.2) is 9.59 Å². The Morgan fingerprint density at radius 2 is 1.56 bits per heavy atom. The van der Waals surface area contributed by atoms with Gasteiger partial charge in [-0.2, -0.15) is 0 Å². The van der Waals surface area contributed by atoms with Crippen LogP contribution in [0.2, 0.25) is 0 Å². The van der Waals surface area contributed by atoms with Crippen molar-refractivity contribution in [1.29, 1.82) is 0 Å². The summed E-state index contributed by atoms with van der Waals surface area (Å²) in [6.07, 6.45) is 3.64. The van der Waals surface area contributed by atoms with Crippen molar-refractivity contribution in [3.63, 3.8) is 0 Å². The first-order valence-corrected chi connectivity index (χ1v) is 12.0. The summed E-state index contributed by atoms with van der Waals surface area (Å²) in [4.78, 5) is 42.0. The predicted octanol–water partition coefficient (Wildman–Crippen LogP) is 2.35. The lowest BCUT2D eigenvalue weighted by Gasteiger charge is -2.29. The molecule has 0 saturated carbocycles. The Morgan fingerprint density at radius 3 is 2.11 bits per heavy atom. The van der Waals surface area contributed by atoms with E-state index in [-0.39, 0.29) is 37.9 Å². The number of carbonyl (C=O) groups excluding carboxylic acids is 2. The van der Waals surface area contributed by atoms with Gasteiger partial charge in [-0.1, -0.05) is 49.7 Å². The average Bonchev–Trinajstić information content (AvgIpc) is 2.85. The number of unbranched alkanes of at least 4 members (excludes halogenated alkanes) is 1. The van der Waals surface area contributed by atoms with Crippen molar-refractivity contribution in [3.8, 4) is 0 Å². The number of aliphatic imine (C=N–C) groups is 1. The third-order valence-corrected chi connectivity index (χ3v) is 5.71. The Bertz CT molecular complexity index is 1030. The van der Waals surface area contributed by atoms with E-state index in [0.717, 1.165) is 36.0 Å². The molecular weight excluding hydrogens is 460 g/mol. The number of guanidine groups is 1. The maximum Gasteiger partial charge on any atom is 0.326 e. The van der Waals surface area contributed by atoms with E-state index in [0.29, 0.717) is 12.0 Å². The highest BCUT2D eigenvalue weighted by atomic mass is 16.4. The number of benzene rings is 2. The van der Waals surface area contributed by atoms with Crippen LogP contribution in [-0.4, -0.2) is 46.5 Å². The van der Waals surface area contributed by atoms with Gasteiger partial charge >= 0.3 is 12.0 Å². The highest BCUT2D eigenvalue weighted by Crippen LogP contribution is 2.19. The van der Waals surface area contributed by atoms with Crippen molar-refractivity contribution in [2.24, 2.45) is 22.2 Å². The number of carbonyl (C=O) groups is 3. The van der Waals surface area contributed by atoms with Crippen molar-refractivity contribution in [2.45, 2.75) is 58.2 Å². The predicted molar refractivity (Wildman–Crippen MR) is 139 cm³/mol. The minimum absolute atomic E-state index is 0.0658. The second-order valence-electron chi connectivity index (χ2n) is 8.57. The largest absolute Gasteiger partial charge is 0.480 e. The van der Waals surface area contributed by atoms with Gasteiger partial charge in [0.25, 0.3) is 5.91 Å². The van der Waals surface area contributed by atoms with Crippen LogP contribution in [0.4, 0.5) is 4.79 Å². The van der Waals surface area contributed by atoms with Crippen LogP contribution < -0.4 is 22.5 Å². The van der Waals surface area contributed by atoms with E-state index >= 15 is 0 Å². The number of rotatable bonds is 14. The van der Waals surface area contributed by atoms with Gasteiger partial charge < -0.3 is 32.5 Å². The van der Waals surface area contributed by atoms with Crippen LogP contribution >= 0.6 is 0 Å². The fourth-order valence-electron chi connectivity index (χ4n) is 3.74. The molecule has 10 heteroatoms. The molecule has 0 spiro atoms. The third-order valence-electron chi connectivity index (χ3n) is 5.71. The fraction of sp³-hybridized carbons (Fsp3) is 0.385. The molecule has 0 aromatic heterocycles. The molecule has 3 amide bonds. The van der Waals surface area contributed by atoms with Gasteiger partial charge in [0, 0.05) is 25.2 Å². The molecule has 0 radical (unpaired) electrons. The van der Waals surface area contributed by atoms with E-state index in [1.54, 1.807) is 36.4 Å². The van der Waals surface area contributed by atoms with Gasteiger partial charge in [-0.05, 0) is 54.5 Å². The molecule has 0 unspecified atom stereocenters. The van der Waals surface area contributed by atoms with E-state index in [9.17, 15) is 19.5 Å². The molecule has 2 rings (SSSR count). The first-order chi connectivity index (χ1) is 17.2. The van der Waals surface area contributed by atoms with Gasteiger partial charge in [0.05, 0.1) is 0 Å². The normalized spacial score (nSPS) is 11.4. The van der Waals surface area contributed by atoms with Crippen molar-refractivity contribution < 1.29 is 19.5 Å². The van der Waals surface area contributed by atoms with Crippen molar-refractivity contribution in [3.05, 3.63) is 70.8 Å². The van der Waals surface area contributed by atoms with Crippen LogP contribution in [0.25, 0.3) is 0 Å². The molecule has 2 aromatic rings. The zero-order valence-corrected chi connectivity index (χ0v) is 20.7.